The standard InChI is InChI=1S/C32H30BrNO5/c33-28-18-16-23(17-19-28)30-24(20-34(21-29(30)35)39-31(36)37)22-38-32(25-10-4-1-5-11-25,26-12-6-2-7-13-26)27-14-8-3-9-15-27/h1-19,24,29-30,35H,20-22H2,(H,36,37). The van der Waals surface area contributed by atoms with E-state index in [0.29, 0.717) is 0 Å². The summed E-state index contributed by atoms with van der Waals surface area (Å²) in [6.45, 7) is 0.583. The summed E-state index contributed by atoms with van der Waals surface area (Å²) >= 11 is 3.49. The molecule has 0 saturated carbocycles. The summed E-state index contributed by atoms with van der Waals surface area (Å²) < 4.78 is 8.00. The Morgan fingerprint density at radius 3 is 1.74 bits per heavy atom. The maximum Gasteiger partial charge on any atom is 0.525 e. The second-order valence-corrected chi connectivity index (χ2v) is 10.6. The fourth-order valence-corrected chi connectivity index (χ4v) is 5.87. The van der Waals surface area contributed by atoms with Gasteiger partial charge in [0.1, 0.15) is 5.60 Å². The lowest BCUT2D eigenvalue weighted by Crippen LogP contribution is -2.50. The van der Waals surface area contributed by atoms with Gasteiger partial charge in [-0.25, -0.2) is 4.79 Å². The van der Waals surface area contributed by atoms with E-state index in [-0.39, 0.29) is 31.5 Å². The molecule has 0 amide bonds. The average Bonchev–Trinajstić information content (AvgIpc) is 2.95. The van der Waals surface area contributed by atoms with Crippen LogP contribution in [-0.2, 0) is 15.2 Å². The van der Waals surface area contributed by atoms with Gasteiger partial charge in [-0.2, -0.15) is 0 Å². The number of halogens is 1. The van der Waals surface area contributed by atoms with Crippen LogP contribution in [0.15, 0.2) is 120 Å². The Morgan fingerprint density at radius 1 is 0.795 bits per heavy atom. The summed E-state index contributed by atoms with van der Waals surface area (Å²) in [5.41, 5.74) is 2.93. The number of β-amino-alcohol motifs (C(OH)–C–C–N with tert-alkyl or cyclic N) is 1. The Bertz CT molecular complexity index is 1260. The molecule has 3 atom stereocenters. The van der Waals surface area contributed by atoms with Crippen molar-refractivity contribution < 1.29 is 24.6 Å². The number of rotatable bonds is 8. The number of hydrogen-bond donors (Lipinski definition) is 2. The largest absolute Gasteiger partial charge is 0.525 e. The van der Waals surface area contributed by atoms with Crippen molar-refractivity contribution in [3.05, 3.63) is 142 Å². The minimum Gasteiger partial charge on any atom is -0.448 e. The van der Waals surface area contributed by atoms with Gasteiger partial charge in [-0.1, -0.05) is 119 Å². The van der Waals surface area contributed by atoms with Crippen molar-refractivity contribution in [2.75, 3.05) is 19.7 Å². The van der Waals surface area contributed by atoms with Crippen molar-refractivity contribution in [2.24, 2.45) is 5.92 Å². The highest BCUT2D eigenvalue weighted by molar-refractivity contribution is 9.10. The molecule has 39 heavy (non-hydrogen) atoms. The van der Waals surface area contributed by atoms with E-state index in [0.717, 1.165) is 26.7 Å². The van der Waals surface area contributed by atoms with Crippen LogP contribution in [0, 0.1) is 5.92 Å². The van der Waals surface area contributed by atoms with Crippen molar-refractivity contribution in [3.8, 4) is 0 Å². The summed E-state index contributed by atoms with van der Waals surface area (Å²) in [6.07, 6.45) is -2.26. The zero-order valence-electron chi connectivity index (χ0n) is 21.3. The van der Waals surface area contributed by atoms with E-state index >= 15 is 0 Å². The van der Waals surface area contributed by atoms with Gasteiger partial charge < -0.3 is 19.8 Å². The third kappa shape index (κ3) is 5.92. The number of hydrogen-bond acceptors (Lipinski definition) is 5. The normalized spacial score (nSPS) is 19.9. The van der Waals surface area contributed by atoms with Gasteiger partial charge in [-0.15, -0.1) is 5.06 Å². The fourth-order valence-electron chi connectivity index (χ4n) is 5.61. The second kappa shape index (κ2) is 12.1. The first-order chi connectivity index (χ1) is 19.0. The zero-order valence-corrected chi connectivity index (χ0v) is 22.9. The molecule has 0 radical (unpaired) electrons. The number of hydroxylamine groups is 2. The van der Waals surface area contributed by atoms with Crippen LogP contribution in [0.4, 0.5) is 4.79 Å². The molecule has 0 bridgehead atoms. The van der Waals surface area contributed by atoms with Crippen LogP contribution in [0.1, 0.15) is 28.2 Å². The predicted molar refractivity (Wildman–Crippen MR) is 152 cm³/mol. The molecular formula is C32H30BrNO5. The number of aliphatic hydroxyl groups is 1. The van der Waals surface area contributed by atoms with E-state index in [1.807, 2.05) is 78.9 Å². The van der Waals surface area contributed by atoms with Crippen LogP contribution in [0.3, 0.4) is 0 Å². The highest BCUT2D eigenvalue weighted by atomic mass is 79.9. The molecule has 1 saturated heterocycles. The third-order valence-electron chi connectivity index (χ3n) is 7.27. The molecule has 1 fully saturated rings. The first kappa shape index (κ1) is 27.1. The SMILES string of the molecule is O=C(O)ON1CC(O)C(c2ccc(Br)cc2)C(COC(c2ccccc2)(c2ccccc2)c2ccccc2)C1. The fraction of sp³-hybridized carbons (Fsp3) is 0.219. The van der Waals surface area contributed by atoms with Gasteiger partial charge in [-0.05, 0) is 34.4 Å². The van der Waals surface area contributed by atoms with E-state index in [1.165, 1.54) is 5.06 Å². The van der Waals surface area contributed by atoms with Crippen molar-refractivity contribution in [2.45, 2.75) is 17.6 Å². The second-order valence-electron chi connectivity index (χ2n) is 9.70. The number of benzene rings is 4. The molecule has 1 heterocycles. The highest BCUT2D eigenvalue weighted by Crippen LogP contribution is 2.43. The van der Waals surface area contributed by atoms with E-state index < -0.39 is 17.9 Å². The first-order valence-electron chi connectivity index (χ1n) is 12.9. The smallest absolute Gasteiger partial charge is 0.448 e. The summed E-state index contributed by atoms with van der Waals surface area (Å²) in [5.74, 6) is -0.559. The van der Waals surface area contributed by atoms with Crippen molar-refractivity contribution in [1.82, 2.24) is 5.06 Å². The summed E-state index contributed by atoms with van der Waals surface area (Å²) in [6, 6.07) is 38.1. The lowest BCUT2D eigenvalue weighted by molar-refractivity contribution is -0.178. The van der Waals surface area contributed by atoms with Crippen molar-refractivity contribution in [3.63, 3.8) is 0 Å². The first-order valence-corrected chi connectivity index (χ1v) is 13.7. The molecule has 1 aliphatic heterocycles. The van der Waals surface area contributed by atoms with Gasteiger partial charge >= 0.3 is 6.16 Å². The van der Waals surface area contributed by atoms with Crippen molar-refractivity contribution >= 4 is 22.1 Å². The molecule has 2 N–H and O–H groups in total. The maximum absolute atomic E-state index is 11.4. The Morgan fingerprint density at radius 2 is 1.28 bits per heavy atom. The molecule has 4 aromatic rings. The highest BCUT2D eigenvalue weighted by Gasteiger charge is 2.43. The Balaban J connectivity index is 1.58. The topological polar surface area (TPSA) is 79.2 Å². The number of nitrogens with zero attached hydrogens (tertiary/aromatic N) is 1. The monoisotopic (exact) mass is 587 g/mol. The Labute approximate surface area is 236 Å². The van der Waals surface area contributed by atoms with Crippen LogP contribution in [0.25, 0.3) is 0 Å². The van der Waals surface area contributed by atoms with E-state index in [4.69, 9.17) is 9.57 Å². The van der Waals surface area contributed by atoms with Crippen LogP contribution in [-0.4, -0.2) is 47.2 Å². The zero-order chi connectivity index (χ0) is 27.2. The molecule has 5 rings (SSSR count). The average molecular weight is 588 g/mol. The predicted octanol–water partition coefficient (Wildman–Crippen LogP) is 6.44. The minimum atomic E-state index is -1.41. The molecule has 3 unspecified atom stereocenters. The third-order valence-corrected chi connectivity index (χ3v) is 7.80. The van der Waals surface area contributed by atoms with Crippen LogP contribution >= 0.6 is 15.9 Å². The molecular weight excluding hydrogens is 558 g/mol. The maximum atomic E-state index is 11.4. The van der Waals surface area contributed by atoms with Gasteiger partial charge in [-0.3, -0.25) is 0 Å². The van der Waals surface area contributed by atoms with Gasteiger partial charge in [0.2, 0.25) is 0 Å². The summed E-state index contributed by atoms with van der Waals surface area (Å²) in [5, 5.41) is 21.8. The quantitative estimate of drug-likeness (QED) is 0.231. The molecule has 0 spiro atoms. The molecule has 1 aliphatic rings. The number of carbonyl (C=O) groups is 1. The molecule has 200 valence electrons. The van der Waals surface area contributed by atoms with Crippen molar-refractivity contribution in [1.29, 1.82) is 0 Å². The molecule has 7 heteroatoms. The van der Waals surface area contributed by atoms with Gasteiger partial charge in [0.05, 0.1) is 19.3 Å². The van der Waals surface area contributed by atoms with Crippen LogP contribution in [0.2, 0.25) is 0 Å². The molecule has 0 aliphatic carbocycles. The van der Waals surface area contributed by atoms with Gasteiger partial charge in [0.25, 0.3) is 0 Å². The summed E-state index contributed by atoms with van der Waals surface area (Å²) in [7, 11) is 0. The molecule has 6 nitrogen and oxygen atoms in total. The van der Waals surface area contributed by atoms with E-state index in [9.17, 15) is 15.0 Å². The van der Waals surface area contributed by atoms with Crippen LogP contribution in [0.5, 0.6) is 0 Å². The Kier molecular flexibility index (Phi) is 8.43. The number of aliphatic hydroxyl groups excluding tert-OH is 1. The lowest BCUT2D eigenvalue weighted by atomic mass is 9.78. The minimum absolute atomic E-state index is 0.0741. The van der Waals surface area contributed by atoms with E-state index in [2.05, 4.69) is 52.3 Å². The number of piperidine rings is 1. The lowest BCUT2D eigenvalue weighted by Gasteiger charge is -2.43. The molecule has 0 aromatic heterocycles. The Hall–Kier alpha value is -3.49. The van der Waals surface area contributed by atoms with Crippen LogP contribution < -0.4 is 0 Å². The molecule has 4 aromatic carbocycles. The number of carboxylic acid groups (broad SMARTS) is 1. The van der Waals surface area contributed by atoms with Gasteiger partial charge in [0, 0.05) is 22.9 Å². The van der Waals surface area contributed by atoms with E-state index in [1.54, 1.807) is 0 Å². The number of ether oxygens (including phenoxy) is 1. The summed E-state index contributed by atoms with van der Waals surface area (Å²) in [4.78, 5) is 16.4. The van der Waals surface area contributed by atoms with Gasteiger partial charge in [0.15, 0.2) is 0 Å².